The van der Waals surface area contributed by atoms with E-state index in [1.165, 1.54) is 12.1 Å². The van der Waals surface area contributed by atoms with Gasteiger partial charge in [-0.15, -0.1) is 0 Å². The minimum atomic E-state index is -2.56. The smallest absolute Gasteiger partial charge is 0.248 e. The van der Waals surface area contributed by atoms with Gasteiger partial charge in [0.05, 0.1) is 11.4 Å². The van der Waals surface area contributed by atoms with Gasteiger partial charge in [-0.1, -0.05) is 0 Å². The van der Waals surface area contributed by atoms with Crippen molar-refractivity contribution in [3.8, 4) is 11.3 Å². The highest BCUT2D eigenvalue weighted by Gasteiger charge is 2.36. The summed E-state index contributed by atoms with van der Waals surface area (Å²) in [7, 11) is 0. The molecule has 1 aliphatic heterocycles. The van der Waals surface area contributed by atoms with Crippen LogP contribution in [0.4, 0.5) is 13.2 Å². The monoisotopic (exact) mass is 347 g/mol. The lowest BCUT2D eigenvalue weighted by atomic mass is 9.86. The molecule has 3 nitrogen and oxygen atoms in total. The first-order valence-electron chi connectivity index (χ1n) is 8.76. The van der Waals surface area contributed by atoms with Gasteiger partial charge in [-0.25, -0.2) is 23.1 Å². The van der Waals surface area contributed by atoms with Crippen molar-refractivity contribution in [1.29, 1.82) is 0 Å². The number of aromatic nitrogens is 2. The molecule has 1 N–H and O–H groups in total. The number of rotatable bonds is 2. The zero-order chi connectivity index (χ0) is 17.4. The van der Waals surface area contributed by atoms with Gasteiger partial charge < -0.3 is 5.32 Å². The Kier molecular flexibility index (Phi) is 4.23. The van der Waals surface area contributed by atoms with Crippen LogP contribution in [0.2, 0.25) is 0 Å². The molecule has 1 aromatic heterocycles. The van der Waals surface area contributed by atoms with Crippen LogP contribution >= 0.6 is 0 Å². The molecule has 1 fully saturated rings. The fourth-order valence-electron chi connectivity index (χ4n) is 3.69. The van der Waals surface area contributed by atoms with Gasteiger partial charge in [-0.2, -0.15) is 0 Å². The molecule has 25 heavy (non-hydrogen) atoms. The number of fused-ring (bicyclic) bond motifs is 1. The molecular formula is C19H20F3N3. The number of hydrogen-bond acceptors (Lipinski definition) is 3. The molecule has 1 aromatic carbocycles. The number of halogens is 3. The molecule has 6 heteroatoms. The standard InChI is InChI=1S/C19H20F3N3/c20-14-3-1-12(2-4-14)17-15-11-23-10-7-16(15)24-18(25-17)13-5-8-19(21,22)9-6-13/h1-4,13,23H,5-11H2. The summed E-state index contributed by atoms with van der Waals surface area (Å²) >= 11 is 0. The highest BCUT2D eigenvalue weighted by atomic mass is 19.3. The van der Waals surface area contributed by atoms with Gasteiger partial charge >= 0.3 is 0 Å². The highest BCUT2D eigenvalue weighted by Crippen LogP contribution is 2.40. The molecule has 1 saturated carbocycles. The first kappa shape index (κ1) is 16.5. The Morgan fingerprint density at radius 1 is 1.04 bits per heavy atom. The topological polar surface area (TPSA) is 37.8 Å². The van der Waals surface area contributed by atoms with E-state index in [0.717, 1.165) is 35.5 Å². The van der Waals surface area contributed by atoms with Crippen LogP contribution < -0.4 is 5.32 Å². The van der Waals surface area contributed by atoms with E-state index in [1.807, 2.05) is 0 Å². The van der Waals surface area contributed by atoms with E-state index in [-0.39, 0.29) is 24.6 Å². The summed E-state index contributed by atoms with van der Waals surface area (Å²) in [6.07, 6.45) is 1.40. The van der Waals surface area contributed by atoms with Crippen molar-refractivity contribution >= 4 is 0 Å². The number of benzene rings is 1. The van der Waals surface area contributed by atoms with E-state index in [9.17, 15) is 13.2 Å². The van der Waals surface area contributed by atoms with Gasteiger partial charge in [0, 0.05) is 49.4 Å². The lowest BCUT2D eigenvalue weighted by molar-refractivity contribution is -0.0387. The van der Waals surface area contributed by atoms with Gasteiger partial charge in [0.1, 0.15) is 11.6 Å². The van der Waals surface area contributed by atoms with Gasteiger partial charge in [-0.05, 0) is 37.1 Å². The summed E-state index contributed by atoms with van der Waals surface area (Å²) in [5, 5.41) is 3.32. The van der Waals surface area contributed by atoms with Crippen molar-refractivity contribution in [2.24, 2.45) is 0 Å². The van der Waals surface area contributed by atoms with E-state index >= 15 is 0 Å². The minimum Gasteiger partial charge on any atom is -0.312 e. The van der Waals surface area contributed by atoms with Crippen LogP contribution in [0.1, 0.15) is 48.7 Å². The molecule has 2 aromatic rings. The summed E-state index contributed by atoms with van der Waals surface area (Å²) in [6.45, 7) is 1.51. The van der Waals surface area contributed by atoms with Crippen molar-refractivity contribution in [3.05, 3.63) is 47.2 Å². The predicted octanol–water partition coefficient (Wildman–Crippen LogP) is 4.22. The maximum absolute atomic E-state index is 13.5. The molecular weight excluding hydrogens is 327 g/mol. The number of nitrogens with one attached hydrogen (secondary N) is 1. The summed E-state index contributed by atoms with van der Waals surface area (Å²) in [5.41, 5.74) is 3.65. The summed E-state index contributed by atoms with van der Waals surface area (Å²) in [6, 6.07) is 6.26. The van der Waals surface area contributed by atoms with Crippen LogP contribution in [0, 0.1) is 5.82 Å². The Morgan fingerprint density at radius 3 is 2.48 bits per heavy atom. The molecule has 2 heterocycles. The lowest BCUT2D eigenvalue weighted by Crippen LogP contribution is -2.28. The van der Waals surface area contributed by atoms with Gasteiger partial charge in [0.25, 0.3) is 0 Å². The quantitative estimate of drug-likeness (QED) is 0.884. The molecule has 132 valence electrons. The van der Waals surface area contributed by atoms with Gasteiger partial charge in [0.15, 0.2) is 0 Å². The zero-order valence-electron chi connectivity index (χ0n) is 13.9. The third-order valence-electron chi connectivity index (χ3n) is 5.15. The third-order valence-corrected chi connectivity index (χ3v) is 5.15. The Hall–Kier alpha value is -1.95. The third kappa shape index (κ3) is 3.40. The van der Waals surface area contributed by atoms with Crippen LogP contribution in [0.15, 0.2) is 24.3 Å². The van der Waals surface area contributed by atoms with Crippen LogP contribution in [-0.4, -0.2) is 22.4 Å². The molecule has 0 saturated heterocycles. The molecule has 0 radical (unpaired) electrons. The van der Waals surface area contributed by atoms with Crippen LogP contribution in [0.3, 0.4) is 0 Å². The van der Waals surface area contributed by atoms with Crippen molar-refractivity contribution < 1.29 is 13.2 Å². The Balaban J connectivity index is 1.74. The van der Waals surface area contributed by atoms with E-state index in [2.05, 4.69) is 5.32 Å². The molecule has 0 unspecified atom stereocenters. The van der Waals surface area contributed by atoms with Crippen molar-refractivity contribution in [2.45, 2.75) is 50.5 Å². The van der Waals surface area contributed by atoms with Crippen LogP contribution in [-0.2, 0) is 13.0 Å². The van der Waals surface area contributed by atoms with Crippen molar-refractivity contribution in [1.82, 2.24) is 15.3 Å². The molecule has 4 rings (SSSR count). The second kappa shape index (κ2) is 6.41. The Bertz CT molecular complexity index is 764. The Morgan fingerprint density at radius 2 is 1.76 bits per heavy atom. The number of hydrogen-bond donors (Lipinski definition) is 1. The normalized spacial score (nSPS) is 20.3. The lowest BCUT2D eigenvalue weighted by Gasteiger charge is -2.29. The van der Waals surface area contributed by atoms with Gasteiger partial charge in [0.2, 0.25) is 5.92 Å². The highest BCUT2D eigenvalue weighted by molar-refractivity contribution is 5.64. The first-order chi connectivity index (χ1) is 12.0. The van der Waals surface area contributed by atoms with Gasteiger partial charge in [-0.3, -0.25) is 0 Å². The zero-order valence-corrected chi connectivity index (χ0v) is 13.9. The molecule has 0 bridgehead atoms. The van der Waals surface area contributed by atoms with Crippen molar-refractivity contribution in [3.63, 3.8) is 0 Å². The maximum atomic E-state index is 13.5. The van der Waals surface area contributed by atoms with E-state index in [1.54, 1.807) is 12.1 Å². The number of nitrogens with zero attached hydrogens (tertiary/aromatic N) is 2. The van der Waals surface area contributed by atoms with E-state index in [4.69, 9.17) is 9.97 Å². The largest absolute Gasteiger partial charge is 0.312 e. The van der Waals surface area contributed by atoms with E-state index in [0.29, 0.717) is 25.2 Å². The molecule has 0 atom stereocenters. The summed E-state index contributed by atoms with van der Waals surface area (Å²) in [4.78, 5) is 9.46. The minimum absolute atomic E-state index is 0.0287. The fourth-order valence-corrected chi connectivity index (χ4v) is 3.69. The fraction of sp³-hybridized carbons (Fsp3) is 0.474. The summed E-state index contributed by atoms with van der Waals surface area (Å²) < 4.78 is 40.2. The van der Waals surface area contributed by atoms with E-state index < -0.39 is 5.92 Å². The molecule has 1 aliphatic carbocycles. The first-order valence-corrected chi connectivity index (χ1v) is 8.76. The second-order valence-electron chi connectivity index (χ2n) is 6.92. The van der Waals surface area contributed by atoms with Crippen molar-refractivity contribution in [2.75, 3.05) is 6.54 Å². The molecule has 0 amide bonds. The van der Waals surface area contributed by atoms with Crippen LogP contribution in [0.25, 0.3) is 11.3 Å². The molecule has 0 spiro atoms. The average Bonchev–Trinajstić information content (AvgIpc) is 2.61. The maximum Gasteiger partial charge on any atom is 0.248 e. The Labute approximate surface area is 144 Å². The predicted molar refractivity (Wildman–Crippen MR) is 89.0 cm³/mol. The SMILES string of the molecule is Fc1ccc(-c2nc(C3CCC(F)(F)CC3)nc3c2CNCC3)cc1. The number of alkyl halides is 2. The molecule has 2 aliphatic rings. The summed E-state index contributed by atoms with van der Waals surface area (Å²) in [5.74, 6) is -2.22. The van der Waals surface area contributed by atoms with Crippen LogP contribution in [0.5, 0.6) is 0 Å². The second-order valence-corrected chi connectivity index (χ2v) is 6.92. The average molecular weight is 347 g/mol.